The molecule has 3 N–H and O–H groups in total. The predicted octanol–water partition coefficient (Wildman–Crippen LogP) is 7.75. The first-order valence-electron chi connectivity index (χ1n) is 15.6. The van der Waals surface area contributed by atoms with E-state index in [1.807, 2.05) is 55.6 Å². The largest absolute Gasteiger partial charge is 0.494 e. The molecule has 1 aromatic heterocycles. The third-order valence-corrected chi connectivity index (χ3v) is 9.11. The standard InChI is InChI=1S/C38H36N4O6S2/c1-5-48-29-16-12-26(13-17-29)32-23-49-38(41-32)42-35(43)24(2)50-30-18-14-28(15-19-30)39-37(45)31(40-36(44)27-9-7-6-8-10-27)21-25-11-20-33(46-3)34(22-25)47-4/h6-24H,5H2,1-4H3,(H,39,45)(H,40,44)(H,41,42,43)/b31-21-. The number of benzene rings is 4. The van der Waals surface area contributed by atoms with Crippen molar-refractivity contribution in [1.82, 2.24) is 10.3 Å². The smallest absolute Gasteiger partial charge is 0.272 e. The van der Waals surface area contributed by atoms with Gasteiger partial charge in [0.1, 0.15) is 11.4 Å². The minimum absolute atomic E-state index is 0.0303. The number of carbonyl (C=O) groups excluding carboxylic acids is 3. The summed E-state index contributed by atoms with van der Waals surface area (Å²) in [5.74, 6) is 0.667. The Morgan fingerprint density at radius 3 is 2.28 bits per heavy atom. The number of methoxy groups -OCH3 is 2. The quantitative estimate of drug-likeness (QED) is 0.0790. The van der Waals surface area contributed by atoms with Crippen LogP contribution in [0.1, 0.15) is 29.8 Å². The summed E-state index contributed by atoms with van der Waals surface area (Å²) in [5, 5.41) is 10.5. The summed E-state index contributed by atoms with van der Waals surface area (Å²) in [6.45, 7) is 4.35. The van der Waals surface area contributed by atoms with E-state index in [1.165, 1.54) is 37.3 Å². The number of aromatic nitrogens is 1. The van der Waals surface area contributed by atoms with Crippen LogP contribution in [0.4, 0.5) is 10.8 Å². The molecule has 50 heavy (non-hydrogen) atoms. The van der Waals surface area contributed by atoms with Gasteiger partial charge in [-0.15, -0.1) is 23.1 Å². The molecule has 0 aliphatic carbocycles. The van der Waals surface area contributed by atoms with Crippen LogP contribution in [0.25, 0.3) is 17.3 Å². The van der Waals surface area contributed by atoms with E-state index in [0.717, 1.165) is 21.9 Å². The van der Waals surface area contributed by atoms with Gasteiger partial charge in [0, 0.05) is 27.1 Å². The number of thiazole rings is 1. The molecule has 0 saturated carbocycles. The van der Waals surface area contributed by atoms with Crippen molar-refractivity contribution in [1.29, 1.82) is 0 Å². The molecule has 5 aromatic rings. The third kappa shape index (κ3) is 9.52. The van der Waals surface area contributed by atoms with Crippen LogP contribution in [0.3, 0.4) is 0 Å². The van der Waals surface area contributed by atoms with Crippen LogP contribution in [-0.4, -0.2) is 48.8 Å². The minimum Gasteiger partial charge on any atom is -0.494 e. The van der Waals surface area contributed by atoms with E-state index in [1.54, 1.807) is 66.7 Å². The molecule has 12 heteroatoms. The van der Waals surface area contributed by atoms with E-state index in [2.05, 4.69) is 20.9 Å². The maximum Gasteiger partial charge on any atom is 0.272 e. The van der Waals surface area contributed by atoms with Gasteiger partial charge in [0.25, 0.3) is 11.8 Å². The maximum absolute atomic E-state index is 13.5. The Morgan fingerprint density at radius 1 is 0.880 bits per heavy atom. The minimum atomic E-state index is -0.523. The fourth-order valence-corrected chi connectivity index (χ4v) is 6.27. The van der Waals surface area contributed by atoms with Gasteiger partial charge in [-0.1, -0.05) is 24.3 Å². The normalized spacial score (nSPS) is 11.6. The molecule has 5 rings (SSSR count). The first kappa shape index (κ1) is 35.7. The summed E-state index contributed by atoms with van der Waals surface area (Å²) >= 11 is 2.74. The number of thioether (sulfide) groups is 1. The van der Waals surface area contributed by atoms with Crippen LogP contribution < -0.4 is 30.2 Å². The summed E-state index contributed by atoms with van der Waals surface area (Å²) < 4.78 is 16.2. The number of anilines is 2. The highest BCUT2D eigenvalue weighted by atomic mass is 32.2. The van der Waals surface area contributed by atoms with Crippen molar-refractivity contribution in [2.45, 2.75) is 24.0 Å². The highest BCUT2D eigenvalue weighted by Gasteiger charge is 2.18. The molecule has 256 valence electrons. The van der Waals surface area contributed by atoms with E-state index < -0.39 is 17.1 Å². The number of rotatable bonds is 14. The molecule has 1 heterocycles. The van der Waals surface area contributed by atoms with Crippen molar-refractivity contribution >= 4 is 57.7 Å². The number of hydrogen-bond acceptors (Lipinski definition) is 9. The van der Waals surface area contributed by atoms with Gasteiger partial charge in [0.15, 0.2) is 16.6 Å². The zero-order valence-electron chi connectivity index (χ0n) is 27.9. The maximum atomic E-state index is 13.5. The Kier molecular flexibility index (Phi) is 12.3. The van der Waals surface area contributed by atoms with Crippen LogP contribution >= 0.6 is 23.1 Å². The number of nitrogens with zero attached hydrogens (tertiary/aromatic N) is 1. The Labute approximate surface area is 298 Å². The van der Waals surface area contributed by atoms with Gasteiger partial charge in [-0.2, -0.15) is 0 Å². The van der Waals surface area contributed by atoms with Gasteiger partial charge in [-0.05, 0) is 98.3 Å². The lowest BCUT2D eigenvalue weighted by Gasteiger charge is -2.13. The first-order valence-corrected chi connectivity index (χ1v) is 17.4. The van der Waals surface area contributed by atoms with E-state index in [-0.39, 0.29) is 11.6 Å². The molecular formula is C38H36N4O6S2. The van der Waals surface area contributed by atoms with E-state index in [0.29, 0.717) is 40.1 Å². The van der Waals surface area contributed by atoms with Crippen LogP contribution in [0, 0.1) is 0 Å². The Hall–Kier alpha value is -5.59. The Bertz CT molecular complexity index is 1960. The van der Waals surface area contributed by atoms with Crippen LogP contribution in [-0.2, 0) is 9.59 Å². The van der Waals surface area contributed by atoms with Crippen molar-refractivity contribution in [3.05, 3.63) is 119 Å². The van der Waals surface area contributed by atoms with Crippen LogP contribution in [0.5, 0.6) is 17.2 Å². The van der Waals surface area contributed by atoms with Gasteiger partial charge >= 0.3 is 0 Å². The van der Waals surface area contributed by atoms with E-state index in [4.69, 9.17) is 14.2 Å². The molecule has 3 amide bonds. The van der Waals surface area contributed by atoms with Crippen molar-refractivity contribution in [3.8, 4) is 28.5 Å². The van der Waals surface area contributed by atoms with Gasteiger partial charge in [-0.25, -0.2) is 4.98 Å². The van der Waals surface area contributed by atoms with Gasteiger partial charge < -0.3 is 30.2 Å². The number of carbonyl (C=O) groups is 3. The number of ether oxygens (including phenoxy) is 3. The molecule has 1 unspecified atom stereocenters. The first-order chi connectivity index (χ1) is 24.3. The third-order valence-electron chi connectivity index (χ3n) is 7.24. The SMILES string of the molecule is CCOc1ccc(-c2csc(NC(=O)C(C)Sc3ccc(NC(=O)/C(=C/c4ccc(OC)c(OC)c4)NC(=O)c4ccccc4)cc3)n2)cc1. The highest BCUT2D eigenvalue weighted by Crippen LogP contribution is 2.30. The summed E-state index contributed by atoms with van der Waals surface area (Å²) in [6, 6.07) is 28.6. The van der Waals surface area contributed by atoms with Crippen molar-refractivity contribution in [2.75, 3.05) is 31.5 Å². The van der Waals surface area contributed by atoms with E-state index in [9.17, 15) is 14.4 Å². The summed E-state index contributed by atoms with van der Waals surface area (Å²) in [7, 11) is 3.06. The van der Waals surface area contributed by atoms with Crippen molar-refractivity contribution < 1.29 is 28.6 Å². The Balaban J connectivity index is 1.22. The predicted molar refractivity (Wildman–Crippen MR) is 199 cm³/mol. The second-order valence-corrected chi connectivity index (χ2v) is 13.0. The summed E-state index contributed by atoms with van der Waals surface area (Å²) in [6.07, 6.45) is 1.56. The topological polar surface area (TPSA) is 128 Å². The zero-order valence-corrected chi connectivity index (χ0v) is 29.5. The van der Waals surface area contributed by atoms with Crippen molar-refractivity contribution in [3.63, 3.8) is 0 Å². The van der Waals surface area contributed by atoms with Gasteiger partial charge in [0.05, 0.1) is 31.8 Å². The fourth-order valence-electron chi connectivity index (χ4n) is 4.68. The van der Waals surface area contributed by atoms with Gasteiger partial charge in [0.2, 0.25) is 5.91 Å². The van der Waals surface area contributed by atoms with Crippen LogP contribution in [0.2, 0.25) is 0 Å². The molecule has 0 radical (unpaired) electrons. The lowest BCUT2D eigenvalue weighted by Crippen LogP contribution is -2.30. The lowest BCUT2D eigenvalue weighted by atomic mass is 10.1. The highest BCUT2D eigenvalue weighted by molar-refractivity contribution is 8.00. The number of amides is 3. The summed E-state index contributed by atoms with van der Waals surface area (Å²) in [5.41, 5.74) is 3.26. The Morgan fingerprint density at radius 2 is 1.60 bits per heavy atom. The van der Waals surface area contributed by atoms with Crippen LogP contribution in [0.15, 0.2) is 113 Å². The average molecular weight is 709 g/mol. The molecule has 1 atom stereocenters. The monoisotopic (exact) mass is 708 g/mol. The second kappa shape index (κ2) is 17.2. The number of nitrogens with one attached hydrogen (secondary N) is 3. The summed E-state index contributed by atoms with van der Waals surface area (Å²) in [4.78, 5) is 44.9. The number of hydrogen-bond donors (Lipinski definition) is 3. The zero-order chi connectivity index (χ0) is 35.5. The fraction of sp³-hybridized carbons (Fsp3) is 0.158. The molecule has 0 aliphatic rings. The molecule has 0 saturated heterocycles. The molecular weight excluding hydrogens is 673 g/mol. The molecule has 4 aromatic carbocycles. The molecule has 0 bridgehead atoms. The van der Waals surface area contributed by atoms with Gasteiger partial charge in [-0.3, -0.25) is 14.4 Å². The van der Waals surface area contributed by atoms with E-state index >= 15 is 0 Å². The van der Waals surface area contributed by atoms with Crippen molar-refractivity contribution in [2.24, 2.45) is 0 Å². The molecule has 10 nitrogen and oxygen atoms in total. The molecule has 0 fully saturated rings. The average Bonchev–Trinajstić information content (AvgIpc) is 3.61. The molecule has 0 spiro atoms. The second-order valence-electron chi connectivity index (χ2n) is 10.7. The lowest BCUT2D eigenvalue weighted by molar-refractivity contribution is -0.115. The molecule has 0 aliphatic heterocycles.